The van der Waals surface area contributed by atoms with Crippen LogP contribution < -0.4 is 31.2 Å². The van der Waals surface area contributed by atoms with E-state index < -0.39 is 35.8 Å². The number of benzene rings is 4. The van der Waals surface area contributed by atoms with Crippen LogP contribution in [0, 0.1) is 0 Å². The van der Waals surface area contributed by atoms with Gasteiger partial charge in [-0.1, -0.05) is 97.1 Å². The molecule has 5 rings (SSSR count). The van der Waals surface area contributed by atoms with Crippen molar-refractivity contribution in [3.8, 4) is 11.5 Å². The maximum Gasteiger partial charge on any atom is 0.243 e. The molecule has 0 bridgehead atoms. The van der Waals surface area contributed by atoms with E-state index in [0.717, 1.165) is 16.7 Å². The Hall–Kier alpha value is -5.64. The highest BCUT2D eigenvalue weighted by atomic mass is 16.5. The number of primary amides is 1. The molecule has 46 heavy (non-hydrogen) atoms. The van der Waals surface area contributed by atoms with E-state index in [1.165, 1.54) is 0 Å². The lowest BCUT2D eigenvalue weighted by Gasteiger charge is -2.29. The molecule has 1 aliphatic heterocycles. The molecular formula is C36H36N4O6. The van der Waals surface area contributed by atoms with Gasteiger partial charge in [-0.2, -0.15) is 0 Å². The Morgan fingerprint density at radius 3 is 1.78 bits per heavy atom. The van der Waals surface area contributed by atoms with Gasteiger partial charge >= 0.3 is 0 Å². The second kappa shape index (κ2) is 15.4. The molecule has 4 amide bonds. The zero-order valence-electron chi connectivity index (χ0n) is 25.2. The largest absolute Gasteiger partial charge is 0.485 e. The van der Waals surface area contributed by atoms with Gasteiger partial charge in [-0.05, 0) is 34.4 Å². The van der Waals surface area contributed by atoms with E-state index in [1.54, 1.807) is 18.2 Å². The van der Waals surface area contributed by atoms with Crippen molar-refractivity contribution < 1.29 is 28.7 Å². The third-order valence-electron chi connectivity index (χ3n) is 7.54. The van der Waals surface area contributed by atoms with Gasteiger partial charge in [-0.25, -0.2) is 0 Å². The summed E-state index contributed by atoms with van der Waals surface area (Å²) in [6, 6.07) is 31.1. The van der Waals surface area contributed by atoms with E-state index >= 15 is 0 Å². The molecule has 0 saturated carbocycles. The Kier molecular flexibility index (Phi) is 10.6. The van der Waals surface area contributed by atoms with Crippen LogP contribution in [0.2, 0.25) is 0 Å². The monoisotopic (exact) mass is 620 g/mol. The molecule has 0 spiro atoms. The first-order chi connectivity index (χ1) is 22.3. The Bertz CT molecular complexity index is 1650. The number of hydrogen-bond donors (Lipinski definition) is 4. The second-order valence-electron chi connectivity index (χ2n) is 11.1. The molecule has 10 heteroatoms. The first kappa shape index (κ1) is 31.8. The third kappa shape index (κ3) is 8.95. The van der Waals surface area contributed by atoms with Crippen LogP contribution in [0.25, 0.3) is 0 Å². The average molecular weight is 621 g/mol. The van der Waals surface area contributed by atoms with E-state index in [2.05, 4.69) is 16.0 Å². The van der Waals surface area contributed by atoms with E-state index in [4.69, 9.17) is 15.2 Å². The van der Waals surface area contributed by atoms with Gasteiger partial charge in [0.15, 0.2) is 11.5 Å². The SMILES string of the molecule is NC(=O)[C@H](Cc1ccc(OCc2ccccc2)c(OCc2ccccc2)c1)NC(=O)C[C@@H]1NC(=O)[C@H](Cc2ccccc2)NC1=O. The molecule has 4 aromatic rings. The Morgan fingerprint density at radius 2 is 1.20 bits per heavy atom. The molecule has 3 atom stereocenters. The van der Waals surface area contributed by atoms with E-state index in [0.29, 0.717) is 36.7 Å². The smallest absolute Gasteiger partial charge is 0.243 e. The summed E-state index contributed by atoms with van der Waals surface area (Å²) in [6.45, 7) is 0.628. The van der Waals surface area contributed by atoms with E-state index in [1.807, 2.05) is 91.0 Å². The number of amides is 4. The van der Waals surface area contributed by atoms with Gasteiger partial charge < -0.3 is 31.2 Å². The fourth-order valence-electron chi connectivity index (χ4n) is 5.09. The maximum atomic E-state index is 12.9. The number of nitrogens with two attached hydrogens (primary N) is 1. The highest BCUT2D eigenvalue weighted by Gasteiger charge is 2.35. The topological polar surface area (TPSA) is 149 Å². The number of carbonyl (C=O) groups excluding carboxylic acids is 4. The molecule has 5 N–H and O–H groups in total. The van der Waals surface area contributed by atoms with Crippen LogP contribution in [-0.4, -0.2) is 41.8 Å². The lowest BCUT2D eigenvalue weighted by molar-refractivity contribution is -0.138. The first-order valence-electron chi connectivity index (χ1n) is 15.0. The molecule has 4 aromatic carbocycles. The Morgan fingerprint density at radius 1 is 0.674 bits per heavy atom. The van der Waals surface area contributed by atoms with Crippen molar-refractivity contribution in [1.29, 1.82) is 0 Å². The van der Waals surface area contributed by atoms with Crippen LogP contribution in [0.4, 0.5) is 0 Å². The predicted molar refractivity (Wildman–Crippen MR) is 171 cm³/mol. The number of ether oxygens (including phenoxy) is 2. The first-order valence-corrected chi connectivity index (χ1v) is 15.0. The third-order valence-corrected chi connectivity index (χ3v) is 7.54. The molecule has 0 radical (unpaired) electrons. The summed E-state index contributed by atoms with van der Waals surface area (Å²) in [5.41, 5.74) is 9.19. The minimum absolute atomic E-state index is 0.0735. The van der Waals surface area contributed by atoms with Crippen molar-refractivity contribution in [3.63, 3.8) is 0 Å². The Balaban J connectivity index is 1.22. The van der Waals surface area contributed by atoms with Crippen molar-refractivity contribution in [2.45, 2.75) is 50.6 Å². The predicted octanol–water partition coefficient (Wildman–Crippen LogP) is 2.97. The van der Waals surface area contributed by atoms with Gasteiger partial charge in [0, 0.05) is 12.8 Å². The van der Waals surface area contributed by atoms with Gasteiger partial charge in [0.2, 0.25) is 23.6 Å². The molecular weight excluding hydrogens is 584 g/mol. The van der Waals surface area contributed by atoms with E-state index in [9.17, 15) is 19.2 Å². The highest BCUT2D eigenvalue weighted by molar-refractivity contribution is 5.99. The minimum Gasteiger partial charge on any atom is -0.485 e. The molecule has 1 aliphatic rings. The standard InChI is InChI=1S/C36H36N4O6/c37-34(42)28(38-33(41)21-30-36(44)39-29(35(43)40-30)18-24-10-4-1-5-11-24)19-27-16-17-31(45-22-25-12-6-2-7-13-25)32(20-27)46-23-26-14-8-3-9-15-26/h1-17,20,28-30H,18-19,21-23H2,(H2,37,42)(H,38,41)(H,39,44)(H,40,43)/t28-,29-,30-/m0/s1. The molecule has 0 aliphatic carbocycles. The van der Waals surface area contributed by atoms with Gasteiger partial charge in [0.1, 0.15) is 31.3 Å². The number of hydrogen-bond acceptors (Lipinski definition) is 6. The summed E-state index contributed by atoms with van der Waals surface area (Å²) in [7, 11) is 0. The second-order valence-corrected chi connectivity index (χ2v) is 11.1. The lowest BCUT2D eigenvalue weighted by atomic mass is 10.0. The fourth-order valence-corrected chi connectivity index (χ4v) is 5.09. The highest BCUT2D eigenvalue weighted by Crippen LogP contribution is 2.30. The van der Waals surface area contributed by atoms with Gasteiger partial charge in [-0.15, -0.1) is 0 Å². The van der Waals surface area contributed by atoms with Crippen LogP contribution in [0.3, 0.4) is 0 Å². The summed E-state index contributed by atoms with van der Waals surface area (Å²) < 4.78 is 12.2. The number of carbonyl (C=O) groups is 4. The van der Waals surface area contributed by atoms with Crippen LogP contribution >= 0.6 is 0 Å². The van der Waals surface area contributed by atoms with Crippen molar-refractivity contribution in [1.82, 2.24) is 16.0 Å². The maximum absolute atomic E-state index is 12.9. The number of nitrogens with one attached hydrogen (secondary N) is 3. The van der Waals surface area contributed by atoms with Crippen molar-refractivity contribution in [2.24, 2.45) is 5.73 Å². The average Bonchev–Trinajstić information content (AvgIpc) is 3.06. The molecule has 0 unspecified atom stereocenters. The van der Waals surface area contributed by atoms with Gasteiger partial charge in [0.05, 0.1) is 6.42 Å². The number of rotatable bonds is 14. The van der Waals surface area contributed by atoms with E-state index in [-0.39, 0.29) is 18.7 Å². The normalized spacial score (nSPS) is 16.4. The van der Waals surface area contributed by atoms with Crippen molar-refractivity contribution >= 4 is 23.6 Å². The zero-order valence-corrected chi connectivity index (χ0v) is 25.2. The summed E-state index contributed by atoms with van der Waals surface area (Å²) in [6.07, 6.45) is 0.0510. The molecule has 0 aromatic heterocycles. The van der Waals surface area contributed by atoms with Crippen molar-refractivity contribution in [3.05, 3.63) is 131 Å². The molecule has 1 fully saturated rings. The van der Waals surface area contributed by atoms with Crippen LogP contribution in [0.5, 0.6) is 11.5 Å². The molecule has 236 valence electrons. The fraction of sp³-hybridized carbons (Fsp3) is 0.222. The molecule has 1 saturated heterocycles. The van der Waals surface area contributed by atoms with Crippen LogP contribution in [0.1, 0.15) is 28.7 Å². The lowest BCUT2D eigenvalue weighted by Crippen LogP contribution is -2.63. The van der Waals surface area contributed by atoms with Crippen LogP contribution in [0.15, 0.2) is 109 Å². The minimum atomic E-state index is -1.08. The van der Waals surface area contributed by atoms with Crippen molar-refractivity contribution in [2.75, 3.05) is 0 Å². The quantitative estimate of drug-likeness (QED) is 0.170. The summed E-state index contributed by atoms with van der Waals surface area (Å²) in [5.74, 6) is -1.21. The summed E-state index contributed by atoms with van der Waals surface area (Å²) in [4.78, 5) is 50.8. The summed E-state index contributed by atoms with van der Waals surface area (Å²) in [5, 5.41) is 7.94. The number of piperazine rings is 1. The van der Waals surface area contributed by atoms with Gasteiger partial charge in [-0.3, -0.25) is 19.2 Å². The molecule has 10 nitrogen and oxygen atoms in total. The summed E-state index contributed by atoms with van der Waals surface area (Å²) >= 11 is 0. The Labute approximate surface area is 267 Å². The van der Waals surface area contributed by atoms with Crippen LogP contribution in [-0.2, 0) is 45.2 Å². The zero-order chi connectivity index (χ0) is 32.3. The van der Waals surface area contributed by atoms with Gasteiger partial charge in [0.25, 0.3) is 0 Å². The molecule has 1 heterocycles.